The van der Waals surface area contributed by atoms with Crippen molar-refractivity contribution in [3.8, 4) is 0 Å². The van der Waals surface area contributed by atoms with E-state index < -0.39 is 28.5 Å². The third kappa shape index (κ3) is 7.33. The number of sulfonamides is 1. The van der Waals surface area contributed by atoms with Crippen LogP contribution < -0.4 is 5.32 Å². The zero-order valence-electron chi connectivity index (χ0n) is 19.2. The number of carbonyl (C=O) groups is 2. The number of likely N-dealkylation sites (N-methyl/N-ethyl adjacent to an activating group) is 1. The summed E-state index contributed by atoms with van der Waals surface area (Å²) >= 11 is 18.2. The largest absolute Gasteiger partial charge is 0.354 e. The van der Waals surface area contributed by atoms with Crippen LogP contribution in [0.15, 0.2) is 47.4 Å². The molecular weight excluding hydrogens is 521 g/mol. The maximum absolute atomic E-state index is 13.4. The molecule has 7 nitrogen and oxygen atoms in total. The minimum atomic E-state index is -3.95. The Kier molecular flexibility index (Phi) is 10.6. The highest BCUT2D eigenvalue weighted by molar-refractivity contribution is 7.89. The first kappa shape index (κ1) is 28.4. The number of hydrogen-bond donors (Lipinski definition) is 1. The number of benzene rings is 2. The van der Waals surface area contributed by atoms with Crippen molar-refractivity contribution in [3.05, 3.63) is 63.1 Å². The molecular formula is C23H28Cl3N3O4S. The van der Waals surface area contributed by atoms with Gasteiger partial charge in [0.05, 0.1) is 11.4 Å². The molecule has 2 amide bonds. The average molecular weight is 549 g/mol. The summed E-state index contributed by atoms with van der Waals surface area (Å²) < 4.78 is 26.9. The van der Waals surface area contributed by atoms with Crippen molar-refractivity contribution in [2.75, 3.05) is 20.1 Å². The summed E-state index contributed by atoms with van der Waals surface area (Å²) in [7, 11) is -2.64. The molecule has 0 saturated heterocycles. The molecule has 34 heavy (non-hydrogen) atoms. The van der Waals surface area contributed by atoms with Gasteiger partial charge in [0.2, 0.25) is 21.8 Å². The summed E-state index contributed by atoms with van der Waals surface area (Å²) in [5.74, 6) is -0.851. The molecule has 0 bridgehead atoms. The van der Waals surface area contributed by atoms with Crippen molar-refractivity contribution in [2.24, 2.45) is 0 Å². The molecule has 0 radical (unpaired) electrons. The van der Waals surface area contributed by atoms with Crippen LogP contribution >= 0.6 is 34.8 Å². The molecule has 0 saturated carbocycles. The Labute approximate surface area is 216 Å². The third-order valence-corrected chi connectivity index (χ3v) is 7.83. The van der Waals surface area contributed by atoms with Gasteiger partial charge in [0.25, 0.3) is 0 Å². The number of carbonyl (C=O) groups excluding carboxylic acids is 2. The smallest absolute Gasteiger partial charge is 0.243 e. The second-order valence-electron chi connectivity index (χ2n) is 7.69. The van der Waals surface area contributed by atoms with Gasteiger partial charge in [-0.3, -0.25) is 9.59 Å². The van der Waals surface area contributed by atoms with Crippen LogP contribution in [0.25, 0.3) is 0 Å². The molecule has 0 spiro atoms. The van der Waals surface area contributed by atoms with Crippen molar-refractivity contribution in [1.82, 2.24) is 14.5 Å². The summed E-state index contributed by atoms with van der Waals surface area (Å²) in [6.07, 6.45) is 1.07. The monoisotopic (exact) mass is 547 g/mol. The molecule has 0 aliphatic carbocycles. The van der Waals surface area contributed by atoms with Gasteiger partial charge in [-0.1, -0.05) is 54.7 Å². The Morgan fingerprint density at radius 1 is 1.00 bits per heavy atom. The Morgan fingerprint density at radius 2 is 1.62 bits per heavy atom. The number of nitrogens with one attached hydrogen (secondary N) is 1. The van der Waals surface area contributed by atoms with Gasteiger partial charge in [0.1, 0.15) is 6.04 Å². The maximum Gasteiger partial charge on any atom is 0.243 e. The minimum Gasteiger partial charge on any atom is -0.354 e. The molecule has 186 valence electrons. The first-order valence-electron chi connectivity index (χ1n) is 10.7. The molecule has 1 atom stereocenters. The molecule has 0 fully saturated rings. The summed E-state index contributed by atoms with van der Waals surface area (Å²) in [4.78, 5) is 27.6. The van der Waals surface area contributed by atoms with Crippen molar-refractivity contribution in [2.45, 2.75) is 44.2 Å². The summed E-state index contributed by atoms with van der Waals surface area (Å²) in [5, 5.41) is 3.99. The standard InChI is InChI=1S/C23H28Cl3N3O4S/c1-4-12-27-23(31)21(5-2)29(14-16-6-7-18(25)13-20(16)26)22(30)15-28(3)34(32,33)19-10-8-17(24)9-11-19/h6-11,13,21H,4-5,12,14-15H2,1-3H3,(H,27,31)/t21-/m1/s1. The predicted molar refractivity (Wildman–Crippen MR) is 136 cm³/mol. The van der Waals surface area contributed by atoms with Crippen molar-refractivity contribution < 1.29 is 18.0 Å². The van der Waals surface area contributed by atoms with E-state index in [-0.39, 0.29) is 17.3 Å². The Morgan fingerprint density at radius 3 is 2.18 bits per heavy atom. The van der Waals surface area contributed by atoms with Crippen LogP contribution in [0.1, 0.15) is 32.3 Å². The van der Waals surface area contributed by atoms with E-state index in [9.17, 15) is 18.0 Å². The van der Waals surface area contributed by atoms with Gasteiger partial charge in [-0.25, -0.2) is 8.42 Å². The van der Waals surface area contributed by atoms with E-state index in [1.54, 1.807) is 25.1 Å². The first-order chi connectivity index (χ1) is 16.0. The van der Waals surface area contributed by atoms with Gasteiger partial charge in [-0.15, -0.1) is 0 Å². The SMILES string of the molecule is CCCNC(=O)[C@@H](CC)N(Cc1ccc(Cl)cc1Cl)C(=O)CN(C)S(=O)(=O)c1ccc(Cl)cc1. The summed E-state index contributed by atoms with van der Waals surface area (Å²) in [6, 6.07) is 9.73. The number of rotatable bonds is 11. The first-order valence-corrected chi connectivity index (χ1v) is 13.3. The number of hydrogen-bond acceptors (Lipinski definition) is 4. The van der Waals surface area contributed by atoms with E-state index >= 15 is 0 Å². The Balaban J connectivity index is 2.34. The Bertz CT molecular complexity index is 1110. The highest BCUT2D eigenvalue weighted by Gasteiger charge is 2.32. The van der Waals surface area contributed by atoms with Gasteiger partial charge in [0.15, 0.2) is 0 Å². The van der Waals surface area contributed by atoms with E-state index in [2.05, 4.69) is 5.32 Å². The molecule has 2 aromatic rings. The fraction of sp³-hybridized carbons (Fsp3) is 0.391. The summed E-state index contributed by atoms with van der Waals surface area (Å²) in [6.45, 7) is 3.72. The number of amides is 2. The molecule has 2 aromatic carbocycles. The number of nitrogens with zero attached hydrogens (tertiary/aromatic N) is 2. The molecule has 1 N–H and O–H groups in total. The van der Waals surface area contributed by atoms with Crippen LogP contribution in [0.2, 0.25) is 15.1 Å². The highest BCUT2D eigenvalue weighted by Crippen LogP contribution is 2.24. The van der Waals surface area contributed by atoms with Gasteiger partial charge in [-0.05, 0) is 54.8 Å². The highest BCUT2D eigenvalue weighted by atomic mass is 35.5. The van der Waals surface area contributed by atoms with E-state index in [1.807, 2.05) is 6.92 Å². The third-order valence-electron chi connectivity index (χ3n) is 5.17. The van der Waals surface area contributed by atoms with Crippen molar-refractivity contribution in [1.29, 1.82) is 0 Å². The topological polar surface area (TPSA) is 86.8 Å². The van der Waals surface area contributed by atoms with E-state index in [0.29, 0.717) is 33.6 Å². The van der Waals surface area contributed by atoms with E-state index in [1.165, 1.54) is 36.2 Å². The van der Waals surface area contributed by atoms with Gasteiger partial charge < -0.3 is 10.2 Å². The zero-order chi connectivity index (χ0) is 25.5. The maximum atomic E-state index is 13.4. The van der Waals surface area contributed by atoms with Crippen LogP contribution in [0.4, 0.5) is 0 Å². The van der Waals surface area contributed by atoms with Gasteiger partial charge >= 0.3 is 0 Å². The molecule has 0 aromatic heterocycles. The molecule has 11 heteroatoms. The minimum absolute atomic E-state index is 0.00669. The molecule has 0 aliphatic heterocycles. The van der Waals surface area contributed by atoms with E-state index in [4.69, 9.17) is 34.8 Å². The molecule has 2 rings (SSSR count). The fourth-order valence-electron chi connectivity index (χ4n) is 3.27. The van der Waals surface area contributed by atoms with Crippen LogP contribution in [-0.4, -0.2) is 55.6 Å². The second kappa shape index (κ2) is 12.7. The van der Waals surface area contributed by atoms with E-state index in [0.717, 1.165) is 10.7 Å². The fourth-order valence-corrected chi connectivity index (χ4v) is 4.99. The van der Waals surface area contributed by atoms with Crippen molar-refractivity contribution in [3.63, 3.8) is 0 Å². The average Bonchev–Trinajstić information content (AvgIpc) is 2.79. The van der Waals surface area contributed by atoms with Crippen LogP contribution in [0, 0.1) is 0 Å². The van der Waals surface area contributed by atoms with Gasteiger partial charge in [0, 0.05) is 35.2 Å². The molecule has 0 heterocycles. The lowest BCUT2D eigenvalue weighted by molar-refractivity contribution is -0.141. The van der Waals surface area contributed by atoms with Crippen LogP contribution in [0.5, 0.6) is 0 Å². The lowest BCUT2D eigenvalue weighted by Gasteiger charge is -2.32. The summed E-state index contributed by atoms with van der Waals surface area (Å²) in [5.41, 5.74) is 0.587. The predicted octanol–water partition coefficient (Wildman–Crippen LogP) is 4.60. The second-order valence-corrected chi connectivity index (χ2v) is 11.0. The van der Waals surface area contributed by atoms with Gasteiger partial charge in [-0.2, -0.15) is 4.31 Å². The quantitative estimate of drug-likeness (QED) is 0.445. The zero-order valence-corrected chi connectivity index (χ0v) is 22.3. The lowest BCUT2D eigenvalue weighted by atomic mass is 10.1. The van der Waals surface area contributed by atoms with Crippen LogP contribution in [0.3, 0.4) is 0 Å². The molecule has 0 aliphatic rings. The number of halogens is 3. The lowest BCUT2D eigenvalue weighted by Crippen LogP contribution is -2.51. The molecule has 0 unspecified atom stereocenters. The normalized spacial score (nSPS) is 12.4. The van der Waals surface area contributed by atoms with Crippen LogP contribution in [-0.2, 0) is 26.2 Å². The van der Waals surface area contributed by atoms with Crippen molar-refractivity contribution >= 4 is 56.6 Å². The Hall–Kier alpha value is -1.84.